The van der Waals surface area contributed by atoms with Crippen LogP contribution in [0.4, 0.5) is 5.13 Å². The van der Waals surface area contributed by atoms with Crippen LogP contribution in [-0.4, -0.2) is 28.5 Å². The third-order valence-electron chi connectivity index (χ3n) is 2.93. The topological polar surface area (TPSA) is 58.0 Å². The first-order valence-electron chi connectivity index (χ1n) is 5.01. The van der Waals surface area contributed by atoms with Gasteiger partial charge >= 0.3 is 0 Å². The van der Waals surface area contributed by atoms with E-state index in [4.69, 9.17) is 5.11 Å². The molecule has 0 aliphatic heterocycles. The fourth-order valence-electron chi connectivity index (χ4n) is 2.09. The third kappa shape index (κ3) is 2.22. The molecular formula is C9H15N3OS. The Labute approximate surface area is 87.4 Å². The number of rotatable bonds is 4. The summed E-state index contributed by atoms with van der Waals surface area (Å²) in [5.41, 5.74) is 1.72. The number of aliphatic hydroxyl groups excluding tert-OH is 1. The van der Waals surface area contributed by atoms with Crippen molar-refractivity contribution in [2.45, 2.75) is 19.3 Å². The Bertz CT molecular complexity index is 265. The first-order chi connectivity index (χ1) is 6.90. The summed E-state index contributed by atoms with van der Waals surface area (Å²) in [6.07, 6.45) is 3.63. The SMILES string of the molecule is OCC1CCCC1CNc1nncs1. The van der Waals surface area contributed by atoms with Gasteiger partial charge < -0.3 is 10.4 Å². The zero-order valence-corrected chi connectivity index (χ0v) is 8.83. The quantitative estimate of drug-likeness (QED) is 0.793. The van der Waals surface area contributed by atoms with E-state index >= 15 is 0 Å². The lowest BCUT2D eigenvalue weighted by Crippen LogP contribution is -2.20. The highest BCUT2D eigenvalue weighted by atomic mass is 32.1. The zero-order valence-electron chi connectivity index (χ0n) is 8.02. The molecule has 2 N–H and O–H groups in total. The summed E-state index contributed by atoms with van der Waals surface area (Å²) in [7, 11) is 0. The molecule has 0 radical (unpaired) electrons. The summed E-state index contributed by atoms with van der Waals surface area (Å²) < 4.78 is 0. The van der Waals surface area contributed by atoms with Gasteiger partial charge in [0.05, 0.1) is 0 Å². The van der Waals surface area contributed by atoms with Gasteiger partial charge in [-0.1, -0.05) is 17.8 Å². The number of aliphatic hydroxyl groups is 1. The van der Waals surface area contributed by atoms with Gasteiger partial charge in [-0.15, -0.1) is 10.2 Å². The minimum absolute atomic E-state index is 0.322. The maximum Gasteiger partial charge on any atom is 0.205 e. The van der Waals surface area contributed by atoms with Crippen molar-refractivity contribution in [1.82, 2.24) is 10.2 Å². The van der Waals surface area contributed by atoms with Gasteiger partial charge in [-0.3, -0.25) is 0 Å². The number of hydrogen-bond donors (Lipinski definition) is 2. The molecule has 1 aliphatic carbocycles. The Kier molecular flexibility index (Phi) is 3.31. The molecule has 2 atom stereocenters. The molecule has 1 fully saturated rings. The summed E-state index contributed by atoms with van der Waals surface area (Å²) in [6, 6.07) is 0. The van der Waals surface area contributed by atoms with Crippen molar-refractivity contribution in [3.63, 3.8) is 0 Å². The lowest BCUT2D eigenvalue weighted by atomic mass is 9.97. The van der Waals surface area contributed by atoms with E-state index in [1.807, 2.05) is 0 Å². The Morgan fingerprint density at radius 3 is 3.07 bits per heavy atom. The third-order valence-corrected chi connectivity index (χ3v) is 3.58. The molecule has 2 unspecified atom stereocenters. The second-order valence-corrected chi connectivity index (χ2v) is 4.59. The van der Waals surface area contributed by atoms with Crippen LogP contribution < -0.4 is 5.32 Å². The number of aromatic nitrogens is 2. The van der Waals surface area contributed by atoms with Gasteiger partial charge in [0, 0.05) is 13.2 Å². The van der Waals surface area contributed by atoms with Crippen LogP contribution in [0, 0.1) is 11.8 Å². The first-order valence-corrected chi connectivity index (χ1v) is 5.89. The summed E-state index contributed by atoms with van der Waals surface area (Å²) >= 11 is 1.52. The van der Waals surface area contributed by atoms with E-state index in [9.17, 15) is 0 Å². The molecule has 78 valence electrons. The molecule has 1 heterocycles. The number of nitrogens with zero attached hydrogens (tertiary/aromatic N) is 2. The maximum absolute atomic E-state index is 9.14. The van der Waals surface area contributed by atoms with Gasteiger partial charge in [0.2, 0.25) is 5.13 Å². The lowest BCUT2D eigenvalue weighted by molar-refractivity contribution is 0.199. The molecule has 0 spiro atoms. The fraction of sp³-hybridized carbons (Fsp3) is 0.778. The predicted molar refractivity (Wildman–Crippen MR) is 56.3 cm³/mol. The van der Waals surface area contributed by atoms with Crippen molar-refractivity contribution < 1.29 is 5.11 Å². The summed E-state index contributed by atoms with van der Waals surface area (Å²) in [5, 5.41) is 21.0. The highest BCUT2D eigenvalue weighted by molar-refractivity contribution is 7.13. The van der Waals surface area contributed by atoms with Crippen LogP contribution in [0.2, 0.25) is 0 Å². The van der Waals surface area contributed by atoms with Crippen molar-refractivity contribution in [2.75, 3.05) is 18.5 Å². The van der Waals surface area contributed by atoms with E-state index in [1.54, 1.807) is 5.51 Å². The Balaban J connectivity index is 1.80. The Morgan fingerprint density at radius 1 is 1.50 bits per heavy atom. The maximum atomic E-state index is 9.14. The zero-order chi connectivity index (χ0) is 9.80. The molecular weight excluding hydrogens is 198 g/mol. The molecule has 0 aromatic carbocycles. The Morgan fingerprint density at radius 2 is 2.36 bits per heavy atom. The van der Waals surface area contributed by atoms with Crippen LogP contribution >= 0.6 is 11.3 Å². The summed E-state index contributed by atoms with van der Waals surface area (Å²) in [5.74, 6) is 1.08. The van der Waals surface area contributed by atoms with Crippen molar-refractivity contribution in [3.8, 4) is 0 Å². The van der Waals surface area contributed by atoms with Gasteiger partial charge in [-0.05, 0) is 24.7 Å². The molecule has 5 heteroatoms. The molecule has 2 rings (SSSR count). The minimum Gasteiger partial charge on any atom is -0.396 e. The van der Waals surface area contributed by atoms with Crippen molar-refractivity contribution in [3.05, 3.63) is 5.51 Å². The number of anilines is 1. The molecule has 4 nitrogen and oxygen atoms in total. The normalized spacial score (nSPS) is 26.6. The summed E-state index contributed by atoms with van der Waals surface area (Å²) in [4.78, 5) is 0. The number of hydrogen-bond acceptors (Lipinski definition) is 5. The van der Waals surface area contributed by atoms with Crippen molar-refractivity contribution in [1.29, 1.82) is 0 Å². The van der Waals surface area contributed by atoms with E-state index in [2.05, 4.69) is 15.5 Å². The molecule has 1 saturated carbocycles. The lowest BCUT2D eigenvalue weighted by Gasteiger charge is -2.16. The highest BCUT2D eigenvalue weighted by Gasteiger charge is 2.26. The average Bonchev–Trinajstić information content (AvgIpc) is 2.85. The van der Waals surface area contributed by atoms with E-state index in [0.29, 0.717) is 18.4 Å². The molecule has 0 amide bonds. The largest absolute Gasteiger partial charge is 0.396 e. The van der Waals surface area contributed by atoms with Crippen LogP contribution in [0.1, 0.15) is 19.3 Å². The van der Waals surface area contributed by atoms with Gasteiger partial charge in [0.25, 0.3) is 0 Å². The second-order valence-electron chi connectivity index (χ2n) is 3.76. The van der Waals surface area contributed by atoms with Crippen LogP contribution in [0.15, 0.2) is 5.51 Å². The summed E-state index contributed by atoms with van der Waals surface area (Å²) in [6.45, 7) is 1.24. The highest BCUT2D eigenvalue weighted by Crippen LogP contribution is 2.31. The predicted octanol–water partition coefficient (Wildman–Crippen LogP) is 1.36. The fourth-order valence-corrected chi connectivity index (χ4v) is 2.55. The molecule has 14 heavy (non-hydrogen) atoms. The second kappa shape index (κ2) is 4.70. The molecule has 0 saturated heterocycles. The van der Waals surface area contributed by atoms with E-state index in [-0.39, 0.29) is 0 Å². The molecule has 1 aromatic rings. The van der Waals surface area contributed by atoms with E-state index in [0.717, 1.165) is 11.7 Å². The van der Waals surface area contributed by atoms with Gasteiger partial charge in [-0.25, -0.2) is 0 Å². The molecule has 1 aliphatic rings. The molecule has 1 aromatic heterocycles. The monoisotopic (exact) mass is 213 g/mol. The first kappa shape index (κ1) is 9.86. The Hall–Kier alpha value is -0.680. The van der Waals surface area contributed by atoms with Gasteiger partial charge in [0.15, 0.2) is 0 Å². The average molecular weight is 213 g/mol. The van der Waals surface area contributed by atoms with Gasteiger partial charge in [-0.2, -0.15) is 0 Å². The number of nitrogens with one attached hydrogen (secondary N) is 1. The van der Waals surface area contributed by atoms with Gasteiger partial charge in [0.1, 0.15) is 5.51 Å². The standard InChI is InChI=1S/C9H15N3OS/c13-5-8-3-1-2-7(8)4-10-9-12-11-6-14-9/h6-8,13H,1-5H2,(H,10,12). The van der Waals surface area contributed by atoms with Crippen LogP contribution in [0.3, 0.4) is 0 Å². The van der Waals surface area contributed by atoms with Crippen LogP contribution in [-0.2, 0) is 0 Å². The van der Waals surface area contributed by atoms with Crippen LogP contribution in [0.5, 0.6) is 0 Å². The van der Waals surface area contributed by atoms with E-state index < -0.39 is 0 Å². The molecule has 0 bridgehead atoms. The van der Waals surface area contributed by atoms with Crippen molar-refractivity contribution >= 4 is 16.5 Å². The van der Waals surface area contributed by atoms with E-state index in [1.165, 1.54) is 30.6 Å². The van der Waals surface area contributed by atoms with Crippen LogP contribution in [0.25, 0.3) is 0 Å². The van der Waals surface area contributed by atoms with Crippen molar-refractivity contribution in [2.24, 2.45) is 11.8 Å². The smallest absolute Gasteiger partial charge is 0.205 e. The minimum atomic E-state index is 0.322.